The van der Waals surface area contributed by atoms with Gasteiger partial charge < -0.3 is 9.47 Å². The molecule has 0 spiro atoms. The van der Waals surface area contributed by atoms with Gasteiger partial charge in [-0.15, -0.1) is 0 Å². The molecular formula is C20H22O4. The lowest BCUT2D eigenvalue weighted by Gasteiger charge is -2.19. The van der Waals surface area contributed by atoms with Crippen molar-refractivity contribution in [3.05, 3.63) is 65.2 Å². The van der Waals surface area contributed by atoms with Gasteiger partial charge in [0, 0.05) is 5.56 Å². The van der Waals surface area contributed by atoms with Crippen molar-refractivity contribution in [3.63, 3.8) is 0 Å². The summed E-state index contributed by atoms with van der Waals surface area (Å²) in [6.07, 6.45) is 1.01. The molecule has 0 bridgehead atoms. The summed E-state index contributed by atoms with van der Waals surface area (Å²) in [5.41, 5.74) is 1.92. The van der Waals surface area contributed by atoms with Crippen molar-refractivity contribution in [2.45, 2.75) is 39.4 Å². The summed E-state index contributed by atoms with van der Waals surface area (Å²) in [5.74, 6) is 0.386. The first-order valence-electron chi connectivity index (χ1n) is 7.83. The maximum atomic E-state index is 11.9. The van der Waals surface area contributed by atoms with Crippen LogP contribution < -0.4 is 4.74 Å². The minimum atomic E-state index is -0.485. The largest absolute Gasteiger partial charge is 0.489 e. The Morgan fingerprint density at radius 1 is 1.04 bits per heavy atom. The molecule has 0 amide bonds. The smallest absolute Gasteiger partial charge is 0.310 e. The molecule has 4 nitrogen and oxygen atoms in total. The van der Waals surface area contributed by atoms with Gasteiger partial charge in [0.15, 0.2) is 0 Å². The molecule has 0 heterocycles. The normalized spacial score (nSPS) is 11.0. The minimum Gasteiger partial charge on any atom is -0.489 e. The maximum Gasteiger partial charge on any atom is 0.310 e. The van der Waals surface area contributed by atoms with Crippen LogP contribution >= 0.6 is 0 Å². The summed E-state index contributed by atoms with van der Waals surface area (Å²) in [4.78, 5) is 22.7. The molecule has 0 aromatic heterocycles. The van der Waals surface area contributed by atoms with Crippen LogP contribution in [-0.2, 0) is 22.6 Å². The fourth-order valence-corrected chi connectivity index (χ4v) is 2.22. The Hall–Kier alpha value is -2.62. The monoisotopic (exact) mass is 326 g/mol. The molecule has 0 aliphatic rings. The number of hydrogen-bond donors (Lipinski definition) is 0. The van der Waals surface area contributed by atoms with E-state index in [1.165, 1.54) is 0 Å². The number of ether oxygens (including phenoxy) is 2. The summed E-state index contributed by atoms with van der Waals surface area (Å²) in [6, 6.07) is 14.6. The highest BCUT2D eigenvalue weighted by Crippen LogP contribution is 2.16. The van der Waals surface area contributed by atoms with Gasteiger partial charge in [-0.25, -0.2) is 0 Å². The fourth-order valence-electron chi connectivity index (χ4n) is 2.22. The van der Waals surface area contributed by atoms with Gasteiger partial charge in [-0.3, -0.25) is 9.59 Å². The average molecular weight is 326 g/mol. The first-order chi connectivity index (χ1) is 11.4. The topological polar surface area (TPSA) is 52.6 Å². The molecule has 0 N–H and O–H groups in total. The first-order valence-corrected chi connectivity index (χ1v) is 7.83. The van der Waals surface area contributed by atoms with Crippen LogP contribution in [0.5, 0.6) is 5.75 Å². The quantitative estimate of drug-likeness (QED) is 0.595. The van der Waals surface area contributed by atoms with Crippen LogP contribution in [0.25, 0.3) is 0 Å². The fraction of sp³-hybridized carbons (Fsp3) is 0.300. The van der Waals surface area contributed by atoms with Gasteiger partial charge in [0.25, 0.3) is 0 Å². The molecule has 0 unspecified atom stereocenters. The second-order valence-corrected chi connectivity index (χ2v) is 6.56. The summed E-state index contributed by atoms with van der Waals surface area (Å²) >= 11 is 0. The molecule has 0 fully saturated rings. The van der Waals surface area contributed by atoms with Crippen molar-refractivity contribution in [2.75, 3.05) is 0 Å². The van der Waals surface area contributed by atoms with E-state index < -0.39 is 5.60 Å². The summed E-state index contributed by atoms with van der Waals surface area (Å²) < 4.78 is 11.0. The molecule has 126 valence electrons. The molecule has 0 saturated heterocycles. The number of esters is 1. The summed E-state index contributed by atoms with van der Waals surface area (Å²) in [5, 5.41) is 0. The second-order valence-electron chi connectivity index (χ2n) is 6.56. The van der Waals surface area contributed by atoms with Gasteiger partial charge in [0.1, 0.15) is 24.2 Å². The average Bonchev–Trinajstić information content (AvgIpc) is 2.51. The van der Waals surface area contributed by atoms with Crippen molar-refractivity contribution in [1.82, 2.24) is 0 Å². The van der Waals surface area contributed by atoms with Gasteiger partial charge in [-0.2, -0.15) is 0 Å². The lowest BCUT2D eigenvalue weighted by molar-refractivity contribution is -0.153. The van der Waals surface area contributed by atoms with Crippen LogP contribution in [0.3, 0.4) is 0 Å². The zero-order valence-electron chi connectivity index (χ0n) is 14.2. The Balaban J connectivity index is 1.97. The number of hydrogen-bond acceptors (Lipinski definition) is 4. The predicted molar refractivity (Wildman–Crippen MR) is 92.2 cm³/mol. The minimum absolute atomic E-state index is 0.228. The molecular weight excluding hydrogens is 304 g/mol. The van der Waals surface area contributed by atoms with E-state index in [1.54, 1.807) is 24.3 Å². The number of rotatable bonds is 6. The van der Waals surface area contributed by atoms with Crippen LogP contribution in [0.4, 0.5) is 0 Å². The van der Waals surface area contributed by atoms with Crippen LogP contribution in [0.1, 0.15) is 42.3 Å². The molecule has 0 radical (unpaired) electrons. The Morgan fingerprint density at radius 2 is 1.75 bits per heavy atom. The standard InChI is InChI=1S/C20H22O4/c1-20(2,3)24-19(22)12-15-6-4-8-17(10-15)14-23-18-9-5-7-16(11-18)13-21/h4-11,13H,12,14H2,1-3H3. The van der Waals surface area contributed by atoms with Crippen LogP contribution in [-0.4, -0.2) is 17.9 Å². The van der Waals surface area contributed by atoms with E-state index in [0.717, 1.165) is 17.4 Å². The molecule has 0 aliphatic carbocycles. The molecule has 2 rings (SSSR count). The van der Waals surface area contributed by atoms with Crippen molar-refractivity contribution < 1.29 is 19.1 Å². The van der Waals surface area contributed by atoms with Crippen LogP contribution in [0.15, 0.2) is 48.5 Å². The van der Waals surface area contributed by atoms with Crippen molar-refractivity contribution in [3.8, 4) is 5.75 Å². The van der Waals surface area contributed by atoms with Crippen LogP contribution in [0.2, 0.25) is 0 Å². The van der Waals surface area contributed by atoms with E-state index >= 15 is 0 Å². The molecule has 0 saturated carbocycles. The van der Waals surface area contributed by atoms with E-state index in [1.807, 2.05) is 45.0 Å². The summed E-state index contributed by atoms with van der Waals surface area (Å²) in [7, 11) is 0. The van der Waals surface area contributed by atoms with Gasteiger partial charge in [-0.1, -0.05) is 36.4 Å². The van der Waals surface area contributed by atoms with Crippen molar-refractivity contribution in [1.29, 1.82) is 0 Å². The second kappa shape index (κ2) is 7.77. The van der Waals surface area contributed by atoms with Gasteiger partial charge in [0.05, 0.1) is 6.42 Å². The number of carbonyl (C=O) groups excluding carboxylic acids is 2. The molecule has 2 aromatic rings. The number of benzene rings is 2. The predicted octanol–water partition coefficient (Wildman–Crippen LogP) is 3.96. The zero-order chi connectivity index (χ0) is 17.6. The third-order valence-electron chi connectivity index (χ3n) is 3.16. The van der Waals surface area contributed by atoms with E-state index in [-0.39, 0.29) is 12.4 Å². The van der Waals surface area contributed by atoms with Gasteiger partial charge in [-0.05, 0) is 44.0 Å². The molecule has 2 aromatic carbocycles. The Kier molecular flexibility index (Phi) is 5.74. The van der Waals surface area contributed by atoms with E-state index in [0.29, 0.717) is 17.9 Å². The van der Waals surface area contributed by atoms with E-state index in [4.69, 9.17) is 9.47 Å². The Morgan fingerprint density at radius 3 is 2.46 bits per heavy atom. The third-order valence-corrected chi connectivity index (χ3v) is 3.16. The maximum absolute atomic E-state index is 11.9. The lowest BCUT2D eigenvalue weighted by atomic mass is 10.1. The highest BCUT2D eigenvalue weighted by Gasteiger charge is 2.16. The Labute approximate surface area is 142 Å². The molecule has 24 heavy (non-hydrogen) atoms. The SMILES string of the molecule is CC(C)(C)OC(=O)Cc1cccc(COc2cccc(C=O)c2)c1. The van der Waals surface area contributed by atoms with Gasteiger partial charge >= 0.3 is 5.97 Å². The molecule has 0 aliphatic heterocycles. The first kappa shape index (κ1) is 17.7. The highest BCUT2D eigenvalue weighted by molar-refractivity contribution is 5.75. The summed E-state index contributed by atoms with van der Waals surface area (Å²) in [6.45, 7) is 5.91. The number of aldehydes is 1. The van der Waals surface area contributed by atoms with Crippen molar-refractivity contribution in [2.24, 2.45) is 0 Å². The van der Waals surface area contributed by atoms with E-state index in [2.05, 4.69) is 0 Å². The number of carbonyl (C=O) groups is 2. The lowest BCUT2D eigenvalue weighted by Crippen LogP contribution is -2.24. The highest BCUT2D eigenvalue weighted by atomic mass is 16.6. The van der Waals surface area contributed by atoms with Gasteiger partial charge in [0.2, 0.25) is 0 Å². The van der Waals surface area contributed by atoms with Crippen molar-refractivity contribution >= 4 is 12.3 Å². The van der Waals surface area contributed by atoms with Crippen LogP contribution in [0, 0.1) is 0 Å². The third kappa shape index (κ3) is 5.88. The molecule has 4 heteroatoms. The Bertz CT molecular complexity index is 714. The van der Waals surface area contributed by atoms with E-state index in [9.17, 15) is 9.59 Å². The molecule has 0 atom stereocenters. The zero-order valence-corrected chi connectivity index (χ0v) is 14.2.